The van der Waals surface area contributed by atoms with Gasteiger partial charge in [-0.15, -0.1) is 0 Å². The minimum Gasteiger partial charge on any atom is -0.384 e. The number of hydrogen-bond donors (Lipinski definition) is 2. The fourth-order valence-electron chi connectivity index (χ4n) is 1.63. The zero-order chi connectivity index (χ0) is 14.9. The summed E-state index contributed by atoms with van der Waals surface area (Å²) in [6.45, 7) is 1.86. The molecule has 2 aromatic heterocycles. The number of carbonyl (C=O) groups is 1. The van der Waals surface area contributed by atoms with Crippen molar-refractivity contribution in [1.29, 1.82) is 0 Å². The SMILES string of the molecule is C/C(Br)=C\C=C(/N)n1nc2c(Br)ccnc2c1C(N)=O. The minimum atomic E-state index is -0.644. The van der Waals surface area contributed by atoms with E-state index in [1.807, 2.05) is 6.92 Å². The van der Waals surface area contributed by atoms with Crippen LogP contribution in [0.15, 0.2) is 33.4 Å². The number of nitrogens with zero attached hydrogens (tertiary/aromatic N) is 3. The van der Waals surface area contributed by atoms with Crippen LogP contribution in [0.3, 0.4) is 0 Å². The Morgan fingerprint density at radius 1 is 1.35 bits per heavy atom. The molecule has 2 heterocycles. The second-order valence-corrected chi connectivity index (χ2v) is 6.06. The Kier molecular flexibility index (Phi) is 4.24. The van der Waals surface area contributed by atoms with Gasteiger partial charge in [-0.25, -0.2) is 4.68 Å². The van der Waals surface area contributed by atoms with E-state index in [0.717, 1.165) is 4.48 Å². The van der Waals surface area contributed by atoms with E-state index in [0.29, 0.717) is 15.5 Å². The molecule has 2 rings (SSSR count). The number of primary amides is 1. The summed E-state index contributed by atoms with van der Waals surface area (Å²) < 4.78 is 2.89. The van der Waals surface area contributed by atoms with Crippen LogP contribution in [0, 0.1) is 0 Å². The first-order valence-corrected chi connectivity index (χ1v) is 7.13. The molecule has 1 amide bonds. The summed E-state index contributed by atoms with van der Waals surface area (Å²) in [5.74, 6) is -0.378. The third-order valence-corrected chi connectivity index (χ3v) is 3.38. The molecule has 0 saturated heterocycles. The normalized spacial score (nSPS) is 12.9. The summed E-state index contributed by atoms with van der Waals surface area (Å²) in [4.78, 5) is 15.8. The quantitative estimate of drug-likeness (QED) is 0.772. The van der Waals surface area contributed by atoms with Crippen LogP contribution in [0.4, 0.5) is 0 Å². The summed E-state index contributed by atoms with van der Waals surface area (Å²) in [6, 6.07) is 1.73. The molecule has 0 bridgehead atoms. The molecule has 0 aliphatic carbocycles. The number of carbonyl (C=O) groups excluding carboxylic acids is 1. The summed E-state index contributed by atoms with van der Waals surface area (Å²) in [6.07, 6.45) is 4.93. The molecule has 0 atom stereocenters. The van der Waals surface area contributed by atoms with Gasteiger partial charge < -0.3 is 11.5 Å². The highest BCUT2D eigenvalue weighted by Crippen LogP contribution is 2.24. The van der Waals surface area contributed by atoms with Crippen LogP contribution < -0.4 is 11.5 Å². The molecule has 0 fully saturated rings. The van der Waals surface area contributed by atoms with Crippen molar-refractivity contribution >= 4 is 54.6 Å². The van der Waals surface area contributed by atoms with Crippen molar-refractivity contribution in [2.24, 2.45) is 11.5 Å². The first-order valence-electron chi connectivity index (χ1n) is 5.54. The van der Waals surface area contributed by atoms with Crippen LogP contribution in [-0.2, 0) is 0 Å². The number of hydrogen-bond acceptors (Lipinski definition) is 4. The van der Waals surface area contributed by atoms with Gasteiger partial charge in [0, 0.05) is 10.7 Å². The molecular formula is C12H11Br2N5O. The van der Waals surface area contributed by atoms with Crippen molar-refractivity contribution in [3.8, 4) is 0 Å². The molecule has 0 unspecified atom stereocenters. The van der Waals surface area contributed by atoms with Crippen molar-refractivity contribution in [2.45, 2.75) is 6.92 Å². The maximum Gasteiger partial charge on any atom is 0.269 e. The number of pyridine rings is 1. The van der Waals surface area contributed by atoms with E-state index >= 15 is 0 Å². The lowest BCUT2D eigenvalue weighted by Crippen LogP contribution is -2.20. The monoisotopic (exact) mass is 399 g/mol. The van der Waals surface area contributed by atoms with Crippen molar-refractivity contribution in [1.82, 2.24) is 14.8 Å². The Bertz CT molecular complexity index is 744. The Morgan fingerprint density at radius 3 is 2.65 bits per heavy atom. The van der Waals surface area contributed by atoms with Gasteiger partial charge in [-0.05, 0) is 45.6 Å². The van der Waals surface area contributed by atoms with Gasteiger partial charge in [0.2, 0.25) is 0 Å². The smallest absolute Gasteiger partial charge is 0.269 e. The van der Waals surface area contributed by atoms with Crippen LogP contribution >= 0.6 is 31.9 Å². The maximum absolute atomic E-state index is 11.6. The lowest BCUT2D eigenvalue weighted by Gasteiger charge is -2.03. The van der Waals surface area contributed by atoms with E-state index in [1.165, 1.54) is 4.68 Å². The van der Waals surface area contributed by atoms with Gasteiger partial charge in [-0.2, -0.15) is 5.10 Å². The molecule has 0 aromatic carbocycles. The van der Waals surface area contributed by atoms with E-state index < -0.39 is 5.91 Å². The van der Waals surface area contributed by atoms with Crippen LogP contribution in [0.25, 0.3) is 16.9 Å². The van der Waals surface area contributed by atoms with Gasteiger partial charge in [0.15, 0.2) is 5.69 Å². The van der Waals surface area contributed by atoms with Crippen molar-refractivity contribution in [3.63, 3.8) is 0 Å². The topological polar surface area (TPSA) is 99.8 Å². The lowest BCUT2D eigenvalue weighted by atomic mass is 10.3. The molecular weight excluding hydrogens is 390 g/mol. The number of allylic oxidation sites excluding steroid dienone is 3. The van der Waals surface area contributed by atoms with E-state index in [-0.39, 0.29) is 11.5 Å². The van der Waals surface area contributed by atoms with Crippen LogP contribution in [0.2, 0.25) is 0 Å². The molecule has 104 valence electrons. The van der Waals surface area contributed by atoms with Gasteiger partial charge >= 0.3 is 0 Å². The molecule has 0 aliphatic rings. The van der Waals surface area contributed by atoms with Crippen molar-refractivity contribution in [3.05, 3.63) is 39.1 Å². The highest BCUT2D eigenvalue weighted by atomic mass is 79.9. The van der Waals surface area contributed by atoms with Gasteiger partial charge in [0.05, 0.1) is 0 Å². The molecule has 0 radical (unpaired) electrons. The van der Waals surface area contributed by atoms with Crippen LogP contribution in [0.1, 0.15) is 17.4 Å². The van der Waals surface area contributed by atoms with E-state index in [1.54, 1.807) is 24.4 Å². The fraction of sp³-hybridized carbons (Fsp3) is 0.0833. The van der Waals surface area contributed by atoms with Crippen LogP contribution in [-0.4, -0.2) is 20.7 Å². The van der Waals surface area contributed by atoms with Crippen molar-refractivity contribution in [2.75, 3.05) is 0 Å². The predicted molar refractivity (Wildman–Crippen MR) is 84.9 cm³/mol. The molecule has 0 aliphatic heterocycles. The van der Waals surface area contributed by atoms with E-state index in [9.17, 15) is 4.79 Å². The third-order valence-electron chi connectivity index (χ3n) is 2.47. The van der Waals surface area contributed by atoms with E-state index in [2.05, 4.69) is 41.9 Å². The number of amides is 1. The van der Waals surface area contributed by atoms with E-state index in [4.69, 9.17) is 11.5 Å². The number of aromatic nitrogens is 3. The molecule has 6 nitrogen and oxygen atoms in total. The minimum absolute atomic E-state index is 0.149. The zero-order valence-electron chi connectivity index (χ0n) is 10.5. The standard InChI is InChI=1S/C12H11Br2N5O/c1-6(13)2-3-8(15)19-11(12(16)20)10-9(18-19)7(14)4-5-17-10/h2-5H,15H2,1H3,(H2,16,20)/b6-2+,8-3+. The Labute approximate surface area is 131 Å². The molecule has 4 N–H and O–H groups in total. The second kappa shape index (κ2) is 5.76. The van der Waals surface area contributed by atoms with Gasteiger partial charge in [0.1, 0.15) is 16.9 Å². The fourth-order valence-corrected chi connectivity index (χ4v) is 2.15. The molecule has 8 heteroatoms. The third kappa shape index (κ3) is 2.75. The highest BCUT2D eigenvalue weighted by molar-refractivity contribution is 9.11. The molecule has 0 spiro atoms. The molecule has 0 saturated carbocycles. The molecule has 20 heavy (non-hydrogen) atoms. The first-order chi connectivity index (χ1) is 9.41. The Morgan fingerprint density at radius 2 is 2.05 bits per heavy atom. The average Bonchev–Trinajstić information content (AvgIpc) is 2.76. The number of fused-ring (bicyclic) bond motifs is 1. The van der Waals surface area contributed by atoms with Crippen LogP contribution in [0.5, 0.6) is 0 Å². The second-order valence-electron chi connectivity index (χ2n) is 3.96. The predicted octanol–water partition coefficient (Wildman–Crippen LogP) is 2.35. The summed E-state index contributed by atoms with van der Waals surface area (Å²) in [7, 11) is 0. The van der Waals surface area contributed by atoms with Gasteiger partial charge in [-0.3, -0.25) is 9.78 Å². The number of rotatable bonds is 3. The number of nitrogens with two attached hydrogens (primary N) is 2. The largest absolute Gasteiger partial charge is 0.384 e. The average molecular weight is 401 g/mol. The van der Waals surface area contributed by atoms with Crippen molar-refractivity contribution < 1.29 is 4.79 Å². The highest BCUT2D eigenvalue weighted by Gasteiger charge is 2.19. The van der Waals surface area contributed by atoms with Gasteiger partial charge in [0.25, 0.3) is 5.91 Å². The summed E-state index contributed by atoms with van der Waals surface area (Å²) in [5, 5.41) is 4.28. The Balaban J connectivity index is 2.73. The summed E-state index contributed by atoms with van der Waals surface area (Å²) >= 11 is 6.65. The Hall–Kier alpha value is -1.67. The van der Waals surface area contributed by atoms with Gasteiger partial charge in [-0.1, -0.05) is 15.9 Å². The maximum atomic E-state index is 11.6. The zero-order valence-corrected chi connectivity index (χ0v) is 13.6. The summed E-state index contributed by atoms with van der Waals surface area (Å²) in [5.41, 5.74) is 12.4. The lowest BCUT2D eigenvalue weighted by molar-refractivity contribution is 0.0994. The molecule has 2 aromatic rings. The number of halogens is 2. The first kappa shape index (κ1) is 14.7.